The summed E-state index contributed by atoms with van der Waals surface area (Å²) >= 11 is 0. The minimum atomic E-state index is -1.10. The summed E-state index contributed by atoms with van der Waals surface area (Å²) in [5.41, 5.74) is 0.448. The molecule has 1 aliphatic heterocycles. The van der Waals surface area contributed by atoms with E-state index in [-0.39, 0.29) is 23.7 Å². The van der Waals surface area contributed by atoms with Gasteiger partial charge in [0.15, 0.2) is 5.78 Å². The zero-order chi connectivity index (χ0) is 19.7. The molecule has 0 radical (unpaired) electrons. The average molecular weight is 380 g/mol. The lowest BCUT2D eigenvalue weighted by Gasteiger charge is -2.56. The normalized spacial score (nSPS) is 38.8. The lowest BCUT2D eigenvalue weighted by molar-refractivity contribution is -0.147. The Hall–Kier alpha value is -2.17. The number of hydrogen-bond acceptors (Lipinski definition) is 3. The van der Waals surface area contributed by atoms with E-state index >= 15 is 0 Å². The summed E-state index contributed by atoms with van der Waals surface area (Å²) in [7, 11) is 0. The van der Waals surface area contributed by atoms with Gasteiger partial charge < -0.3 is 5.32 Å². The van der Waals surface area contributed by atoms with Crippen LogP contribution in [0.3, 0.4) is 0 Å². The second-order valence-corrected chi connectivity index (χ2v) is 9.93. The van der Waals surface area contributed by atoms with Crippen LogP contribution in [0.2, 0.25) is 0 Å². The van der Waals surface area contributed by atoms with E-state index in [2.05, 4.69) is 5.32 Å². The number of carbonyl (C=O) groups excluding carboxylic acids is 3. The van der Waals surface area contributed by atoms with Crippen molar-refractivity contribution in [3.63, 3.8) is 0 Å². The molecular formula is C23H28N2O3. The molecule has 0 aromatic heterocycles. The number of imide groups is 1. The van der Waals surface area contributed by atoms with Crippen LogP contribution >= 0.6 is 0 Å². The summed E-state index contributed by atoms with van der Waals surface area (Å²) in [6.45, 7) is 3.63. The van der Waals surface area contributed by atoms with Crippen LogP contribution in [0.1, 0.15) is 56.6 Å². The lowest BCUT2D eigenvalue weighted by Crippen LogP contribution is -2.53. The van der Waals surface area contributed by atoms with E-state index in [4.69, 9.17) is 0 Å². The Labute approximate surface area is 165 Å². The zero-order valence-electron chi connectivity index (χ0n) is 16.7. The van der Waals surface area contributed by atoms with Crippen LogP contribution in [0, 0.1) is 30.1 Å². The first-order valence-electron chi connectivity index (χ1n) is 10.5. The Bertz CT molecular complexity index is 824. The Balaban J connectivity index is 1.37. The lowest BCUT2D eigenvalue weighted by atomic mass is 9.48. The molecule has 148 valence electrons. The first kappa shape index (κ1) is 17.9. The molecule has 1 atom stereocenters. The van der Waals surface area contributed by atoms with Gasteiger partial charge >= 0.3 is 6.03 Å². The largest absolute Gasteiger partial charge is 0.325 e. The van der Waals surface area contributed by atoms with Gasteiger partial charge in [-0.05, 0) is 75.7 Å². The summed E-state index contributed by atoms with van der Waals surface area (Å²) in [6.07, 6.45) is 6.66. The number of Topliss-reactive ketones (excluding diaryl/α,β-unsaturated/α-hetero) is 1. The van der Waals surface area contributed by atoms with E-state index in [1.54, 1.807) is 6.92 Å². The topological polar surface area (TPSA) is 66.5 Å². The Morgan fingerprint density at radius 2 is 1.57 bits per heavy atom. The van der Waals surface area contributed by atoms with Gasteiger partial charge in [-0.15, -0.1) is 0 Å². The van der Waals surface area contributed by atoms with Crippen molar-refractivity contribution >= 4 is 17.7 Å². The van der Waals surface area contributed by atoms with Crippen LogP contribution in [0.25, 0.3) is 0 Å². The number of ketones is 1. The minimum Gasteiger partial charge on any atom is -0.319 e. The van der Waals surface area contributed by atoms with Gasteiger partial charge in [0, 0.05) is 5.41 Å². The highest BCUT2D eigenvalue weighted by Gasteiger charge is 2.56. The molecule has 1 saturated heterocycles. The summed E-state index contributed by atoms with van der Waals surface area (Å²) < 4.78 is 0. The van der Waals surface area contributed by atoms with Gasteiger partial charge in [0.2, 0.25) is 0 Å². The predicted octanol–water partition coefficient (Wildman–Crippen LogP) is 3.55. The molecule has 1 N–H and O–H groups in total. The highest BCUT2D eigenvalue weighted by molar-refractivity contribution is 6.09. The van der Waals surface area contributed by atoms with Crippen LogP contribution in [-0.4, -0.2) is 29.2 Å². The summed E-state index contributed by atoms with van der Waals surface area (Å²) in [4.78, 5) is 40.3. The Kier molecular flexibility index (Phi) is 3.78. The van der Waals surface area contributed by atoms with Crippen molar-refractivity contribution in [2.24, 2.45) is 23.2 Å². The van der Waals surface area contributed by atoms with Crippen LogP contribution in [-0.2, 0) is 15.1 Å². The third kappa shape index (κ3) is 2.55. The molecule has 0 spiro atoms. The number of benzene rings is 1. The van der Waals surface area contributed by atoms with Crippen LogP contribution < -0.4 is 5.32 Å². The molecule has 4 saturated carbocycles. The maximum atomic E-state index is 13.4. The van der Waals surface area contributed by atoms with E-state index in [9.17, 15) is 14.4 Å². The number of carbonyl (C=O) groups is 3. The number of urea groups is 1. The van der Waals surface area contributed by atoms with Crippen molar-refractivity contribution in [1.29, 1.82) is 0 Å². The van der Waals surface area contributed by atoms with Gasteiger partial charge in [0.1, 0.15) is 5.54 Å². The van der Waals surface area contributed by atoms with Gasteiger partial charge in [0.25, 0.3) is 5.91 Å². The molecule has 5 fully saturated rings. The molecule has 1 aromatic carbocycles. The van der Waals surface area contributed by atoms with Crippen LogP contribution in [0.4, 0.5) is 4.79 Å². The van der Waals surface area contributed by atoms with Crippen molar-refractivity contribution in [2.75, 3.05) is 6.54 Å². The Morgan fingerprint density at radius 1 is 1.04 bits per heavy atom. The summed E-state index contributed by atoms with van der Waals surface area (Å²) in [5.74, 6) is 1.77. The smallest absolute Gasteiger partial charge is 0.319 e. The SMILES string of the molecule is Cc1ccc(C2(C)NC(=O)N(CC(=O)C34CC5CC(CC(C5)C3)C4)C2=O)cc1. The average Bonchev–Trinajstić information content (AvgIpc) is 2.85. The number of amides is 3. The second kappa shape index (κ2) is 5.91. The number of hydrogen-bond donors (Lipinski definition) is 1. The van der Waals surface area contributed by atoms with E-state index in [0.717, 1.165) is 35.3 Å². The highest BCUT2D eigenvalue weighted by Crippen LogP contribution is 2.60. The zero-order valence-corrected chi connectivity index (χ0v) is 16.7. The van der Waals surface area contributed by atoms with Crippen molar-refractivity contribution in [1.82, 2.24) is 10.2 Å². The molecule has 3 amide bonds. The fraction of sp³-hybridized carbons (Fsp3) is 0.609. The number of nitrogens with one attached hydrogen (secondary N) is 1. The minimum absolute atomic E-state index is 0.0850. The first-order valence-corrected chi connectivity index (χ1v) is 10.5. The van der Waals surface area contributed by atoms with E-state index in [1.807, 2.05) is 31.2 Å². The molecule has 1 aromatic rings. The molecule has 28 heavy (non-hydrogen) atoms. The van der Waals surface area contributed by atoms with Crippen molar-refractivity contribution in [2.45, 2.75) is 57.9 Å². The summed E-state index contributed by atoms with van der Waals surface area (Å²) in [6, 6.07) is 7.16. The van der Waals surface area contributed by atoms with Crippen molar-refractivity contribution < 1.29 is 14.4 Å². The molecule has 4 aliphatic carbocycles. The monoisotopic (exact) mass is 380 g/mol. The maximum absolute atomic E-state index is 13.4. The second-order valence-electron chi connectivity index (χ2n) is 9.93. The van der Waals surface area contributed by atoms with E-state index in [0.29, 0.717) is 17.8 Å². The van der Waals surface area contributed by atoms with Gasteiger partial charge in [-0.1, -0.05) is 29.8 Å². The van der Waals surface area contributed by atoms with Gasteiger partial charge in [-0.3, -0.25) is 14.5 Å². The third-order valence-electron chi connectivity index (χ3n) is 7.84. The molecule has 5 heteroatoms. The molecule has 6 rings (SSSR count). The third-order valence-corrected chi connectivity index (χ3v) is 7.84. The van der Waals surface area contributed by atoms with Crippen molar-refractivity contribution in [3.8, 4) is 0 Å². The number of rotatable bonds is 4. The number of aryl methyl sites for hydroxylation is 1. The van der Waals surface area contributed by atoms with Gasteiger partial charge in [-0.2, -0.15) is 0 Å². The van der Waals surface area contributed by atoms with Gasteiger partial charge in [0.05, 0.1) is 6.54 Å². The molecule has 4 bridgehead atoms. The van der Waals surface area contributed by atoms with E-state index in [1.165, 1.54) is 19.3 Å². The highest BCUT2D eigenvalue weighted by atomic mass is 16.2. The Morgan fingerprint density at radius 3 is 2.11 bits per heavy atom. The quantitative estimate of drug-likeness (QED) is 0.813. The standard InChI is InChI=1S/C23H28N2O3/c1-14-3-5-18(6-4-14)22(2)20(27)25(21(28)24-22)13-19(26)23-10-15-7-16(11-23)9-17(8-15)12-23/h3-6,15-17H,7-13H2,1-2H3,(H,24,28). The fourth-order valence-electron chi connectivity index (χ4n) is 6.69. The fourth-order valence-corrected chi connectivity index (χ4v) is 6.69. The van der Waals surface area contributed by atoms with Crippen LogP contribution in [0.15, 0.2) is 24.3 Å². The predicted molar refractivity (Wildman–Crippen MR) is 104 cm³/mol. The molecule has 5 nitrogen and oxygen atoms in total. The van der Waals surface area contributed by atoms with Crippen molar-refractivity contribution in [3.05, 3.63) is 35.4 Å². The molecule has 5 aliphatic rings. The van der Waals surface area contributed by atoms with Crippen LogP contribution in [0.5, 0.6) is 0 Å². The molecule has 1 heterocycles. The first-order chi connectivity index (χ1) is 13.3. The number of nitrogens with zero attached hydrogens (tertiary/aromatic N) is 1. The molecular weight excluding hydrogens is 352 g/mol. The van der Waals surface area contributed by atoms with Gasteiger partial charge in [-0.25, -0.2) is 4.79 Å². The van der Waals surface area contributed by atoms with E-state index < -0.39 is 11.6 Å². The maximum Gasteiger partial charge on any atom is 0.325 e. The summed E-state index contributed by atoms with van der Waals surface area (Å²) in [5, 5.41) is 2.83. The molecule has 1 unspecified atom stereocenters.